The van der Waals surface area contributed by atoms with Gasteiger partial charge in [-0.2, -0.15) is 0 Å². The molecule has 0 radical (unpaired) electrons. The van der Waals surface area contributed by atoms with Crippen LogP contribution in [0.25, 0.3) is 11.5 Å². The average Bonchev–Trinajstić information content (AvgIpc) is 3.24. The molecular weight excluding hydrogens is 344 g/mol. The Morgan fingerprint density at radius 1 is 1.07 bits per heavy atom. The number of quaternary nitrogens is 1. The van der Waals surface area contributed by atoms with E-state index in [1.165, 1.54) is 4.90 Å². The molecule has 0 bridgehead atoms. The van der Waals surface area contributed by atoms with Gasteiger partial charge in [0.15, 0.2) is 6.04 Å². The predicted molar refractivity (Wildman–Crippen MR) is 99.6 cm³/mol. The first-order chi connectivity index (χ1) is 13.2. The van der Waals surface area contributed by atoms with Crippen molar-refractivity contribution in [3.63, 3.8) is 0 Å². The Labute approximate surface area is 157 Å². The lowest BCUT2D eigenvalue weighted by Crippen LogP contribution is -3.14. The largest absolute Gasteiger partial charge is 0.497 e. The van der Waals surface area contributed by atoms with E-state index in [4.69, 9.17) is 9.15 Å². The van der Waals surface area contributed by atoms with Crippen LogP contribution in [0.5, 0.6) is 5.75 Å². The van der Waals surface area contributed by atoms with E-state index in [-0.39, 0.29) is 6.04 Å². The summed E-state index contributed by atoms with van der Waals surface area (Å²) >= 11 is 0. The van der Waals surface area contributed by atoms with Crippen molar-refractivity contribution < 1.29 is 14.1 Å². The molecule has 1 fully saturated rings. The van der Waals surface area contributed by atoms with Gasteiger partial charge in [-0.1, -0.05) is 0 Å². The second-order valence-corrected chi connectivity index (χ2v) is 6.59. The van der Waals surface area contributed by atoms with Crippen LogP contribution in [0.4, 0.5) is 5.95 Å². The van der Waals surface area contributed by atoms with Crippen molar-refractivity contribution in [1.82, 2.24) is 20.2 Å². The molecule has 8 nitrogen and oxygen atoms in total. The minimum atomic E-state index is 0.142. The zero-order chi connectivity index (χ0) is 18.6. The Morgan fingerprint density at radius 2 is 1.78 bits per heavy atom. The normalized spacial score (nSPS) is 16.3. The van der Waals surface area contributed by atoms with E-state index in [0.717, 1.165) is 43.4 Å². The topological polar surface area (TPSA) is 81.6 Å². The fourth-order valence-corrected chi connectivity index (χ4v) is 3.32. The number of ether oxygens (including phenoxy) is 1. The summed E-state index contributed by atoms with van der Waals surface area (Å²) in [6, 6.07) is 9.60. The van der Waals surface area contributed by atoms with Gasteiger partial charge in [0.2, 0.25) is 11.8 Å². The number of methoxy groups -OCH3 is 1. The molecule has 0 saturated carbocycles. The van der Waals surface area contributed by atoms with Gasteiger partial charge in [0, 0.05) is 18.0 Å². The standard InChI is InChI=1S/C19H22N6O2/c1-14(24-10-12-25(13-11-24)19-20-8-3-9-21-19)17-22-23-18(27-17)15-4-6-16(26-2)7-5-15/h3-9,14H,10-13H2,1-2H3/p+1/t14-/m1/s1. The molecule has 0 amide bonds. The van der Waals surface area contributed by atoms with Gasteiger partial charge < -0.3 is 19.0 Å². The van der Waals surface area contributed by atoms with Crippen molar-refractivity contribution in [3.05, 3.63) is 48.6 Å². The van der Waals surface area contributed by atoms with Crippen LogP contribution in [0, 0.1) is 0 Å². The number of piperazine rings is 1. The zero-order valence-electron chi connectivity index (χ0n) is 15.5. The van der Waals surface area contributed by atoms with Gasteiger partial charge in [-0.05, 0) is 37.3 Å². The maximum absolute atomic E-state index is 5.95. The van der Waals surface area contributed by atoms with Crippen molar-refractivity contribution >= 4 is 5.95 Å². The van der Waals surface area contributed by atoms with Gasteiger partial charge in [0.05, 0.1) is 33.3 Å². The minimum Gasteiger partial charge on any atom is -0.497 e. The van der Waals surface area contributed by atoms with Gasteiger partial charge in [-0.15, -0.1) is 10.2 Å². The molecule has 1 N–H and O–H groups in total. The first-order valence-electron chi connectivity index (χ1n) is 9.09. The van der Waals surface area contributed by atoms with Crippen molar-refractivity contribution in [3.8, 4) is 17.2 Å². The monoisotopic (exact) mass is 367 g/mol. The average molecular weight is 367 g/mol. The lowest BCUT2D eigenvalue weighted by Gasteiger charge is -2.34. The molecule has 27 heavy (non-hydrogen) atoms. The number of aromatic nitrogens is 4. The maximum Gasteiger partial charge on any atom is 0.274 e. The van der Waals surface area contributed by atoms with E-state index in [1.807, 2.05) is 30.3 Å². The molecule has 1 aliphatic heterocycles. The molecule has 1 aromatic carbocycles. The number of hydrogen-bond acceptors (Lipinski definition) is 7. The number of hydrogen-bond donors (Lipinski definition) is 1. The molecule has 3 aromatic rings. The zero-order valence-corrected chi connectivity index (χ0v) is 15.5. The third-order valence-corrected chi connectivity index (χ3v) is 5.00. The number of rotatable bonds is 5. The summed E-state index contributed by atoms with van der Waals surface area (Å²) in [6.07, 6.45) is 3.56. The minimum absolute atomic E-state index is 0.142. The number of nitrogens with one attached hydrogen (secondary N) is 1. The second-order valence-electron chi connectivity index (χ2n) is 6.59. The molecule has 140 valence electrons. The Morgan fingerprint density at radius 3 is 2.44 bits per heavy atom. The highest BCUT2D eigenvalue weighted by Gasteiger charge is 2.30. The quantitative estimate of drug-likeness (QED) is 0.720. The molecule has 4 rings (SSSR count). The third kappa shape index (κ3) is 3.75. The van der Waals surface area contributed by atoms with Crippen LogP contribution in [0.15, 0.2) is 47.1 Å². The molecule has 0 spiro atoms. The summed E-state index contributed by atoms with van der Waals surface area (Å²) in [5.41, 5.74) is 0.891. The van der Waals surface area contributed by atoms with Crippen LogP contribution in [0.2, 0.25) is 0 Å². The SMILES string of the molecule is COc1ccc(-c2nnc([C@@H](C)[NH+]3CCN(c4ncccn4)CC3)o2)cc1. The first kappa shape index (κ1) is 17.4. The number of anilines is 1. The van der Waals surface area contributed by atoms with E-state index >= 15 is 0 Å². The highest BCUT2D eigenvalue weighted by molar-refractivity contribution is 5.53. The molecule has 1 atom stereocenters. The number of benzene rings is 1. The van der Waals surface area contributed by atoms with Crippen LogP contribution in [-0.2, 0) is 0 Å². The number of nitrogens with zero attached hydrogens (tertiary/aromatic N) is 5. The van der Waals surface area contributed by atoms with Crippen molar-refractivity contribution in [2.75, 3.05) is 38.2 Å². The van der Waals surface area contributed by atoms with Gasteiger partial charge in [-0.3, -0.25) is 0 Å². The summed E-state index contributed by atoms with van der Waals surface area (Å²) in [4.78, 5) is 12.3. The van der Waals surface area contributed by atoms with Gasteiger partial charge in [-0.25, -0.2) is 9.97 Å². The van der Waals surface area contributed by atoms with Gasteiger partial charge in [0.25, 0.3) is 5.89 Å². The summed E-state index contributed by atoms with van der Waals surface area (Å²) in [5, 5.41) is 8.50. The molecule has 1 saturated heterocycles. The fourth-order valence-electron chi connectivity index (χ4n) is 3.32. The van der Waals surface area contributed by atoms with Gasteiger partial charge in [0.1, 0.15) is 5.75 Å². The predicted octanol–water partition coefficient (Wildman–Crippen LogP) is 1.00. The fraction of sp³-hybridized carbons (Fsp3) is 0.368. The molecule has 2 aromatic heterocycles. The third-order valence-electron chi connectivity index (χ3n) is 5.00. The lowest BCUT2D eigenvalue weighted by molar-refractivity contribution is -0.931. The summed E-state index contributed by atoms with van der Waals surface area (Å²) in [7, 11) is 1.65. The highest BCUT2D eigenvalue weighted by Crippen LogP contribution is 2.22. The van der Waals surface area contributed by atoms with Crippen molar-refractivity contribution in [1.29, 1.82) is 0 Å². The molecule has 0 aliphatic carbocycles. The Kier molecular flexibility index (Phi) is 4.97. The van der Waals surface area contributed by atoms with E-state index < -0.39 is 0 Å². The van der Waals surface area contributed by atoms with Crippen LogP contribution in [0.3, 0.4) is 0 Å². The van der Waals surface area contributed by atoms with E-state index in [0.29, 0.717) is 11.8 Å². The van der Waals surface area contributed by atoms with E-state index in [2.05, 4.69) is 32.0 Å². The Bertz CT molecular complexity index is 859. The van der Waals surface area contributed by atoms with Crippen LogP contribution in [0.1, 0.15) is 18.9 Å². The van der Waals surface area contributed by atoms with Crippen LogP contribution in [-0.4, -0.2) is 53.5 Å². The lowest BCUT2D eigenvalue weighted by atomic mass is 10.2. The second kappa shape index (κ2) is 7.71. The summed E-state index contributed by atoms with van der Waals surface area (Å²) in [5.74, 6) is 2.80. The van der Waals surface area contributed by atoms with E-state index in [1.54, 1.807) is 19.5 Å². The summed E-state index contributed by atoms with van der Waals surface area (Å²) in [6.45, 7) is 5.89. The smallest absolute Gasteiger partial charge is 0.274 e. The molecule has 1 aliphatic rings. The van der Waals surface area contributed by atoms with Crippen LogP contribution >= 0.6 is 0 Å². The van der Waals surface area contributed by atoms with Crippen LogP contribution < -0.4 is 14.5 Å². The van der Waals surface area contributed by atoms with Crippen molar-refractivity contribution in [2.24, 2.45) is 0 Å². The van der Waals surface area contributed by atoms with Gasteiger partial charge >= 0.3 is 0 Å². The highest BCUT2D eigenvalue weighted by atomic mass is 16.5. The molecule has 0 unspecified atom stereocenters. The maximum atomic E-state index is 5.95. The Balaban J connectivity index is 1.40. The van der Waals surface area contributed by atoms with Crippen molar-refractivity contribution in [2.45, 2.75) is 13.0 Å². The Hall–Kier alpha value is -3.00. The van der Waals surface area contributed by atoms with E-state index in [9.17, 15) is 0 Å². The molecule has 3 heterocycles. The first-order valence-corrected chi connectivity index (χ1v) is 9.09. The molecular formula is C19H23N6O2+. The molecule has 8 heteroatoms. The summed E-state index contributed by atoms with van der Waals surface area (Å²) < 4.78 is 11.1.